The Morgan fingerprint density at radius 1 is 1.05 bits per heavy atom. The molecule has 0 aliphatic rings. The summed E-state index contributed by atoms with van der Waals surface area (Å²) in [6, 6.07) is 10.2. The molecule has 2 N–H and O–H groups in total. The van der Waals surface area contributed by atoms with Crippen LogP contribution in [-0.2, 0) is 6.42 Å². The third-order valence-corrected chi connectivity index (χ3v) is 3.45. The number of aryl methyl sites for hydroxylation is 1. The second-order valence-electron chi connectivity index (χ2n) is 5.02. The highest BCUT2D eigenvalue weighted by molar-refractivity contribution is 5.43. The molecule has 1 atom stereocenters. The Morgan fingerprint density at radius 2 is 1.76 bits per heavy atom. The van der Waals surface area contributed by atoms with Crippen molar-refractivity contribution >= 4 is 0 Å². The predicted molar refractivity (Wildman–Crippen MR) is 81.3 cm³/mol. The molecule has 2 rings (SSSR count). The first-order chi connectivity index (χ1) is 10.0. The number of benzene rings is 2. The number of hydrogen-bond acceptors (Lipinski definition) is 3. The average molecular weight is 289 g/mol. The molecule has 0 amide bonds. The maximum atomic E-state index is 13.9. The van der Waals surface area contributed by atoms with Gasteiger partial charge in [0.15, 0.2) is 11.5 Å². The maximum Gasteiger partial charge on any atom is 0.160 e. The van der Waals surface area contributed by atoms with E-state index in [0.717, 1.165) is 11.1 Å². The van der Waals surface area contributed by atoms with Gasteiger partial charge in [0.1, 0.15) is 5.82 Å². The van der Waals surface area contributed by atoms with Crippen LogP contribution >= 0.6 is 0 Å². The van der Waals surface area contributed by atoms with Gasteiger partial charge in [-0.1, -0.05) is 23.8 Å². The molecule has 0 spiro atoms. The van der Waals surface area contributed by atoms with Crippen molar-refractivity contribution in [2.45, 2.75) is 19.4 Å². The first-order valence-corrected chi connectivity index (χ1v) is 6.77. The zero-order valence-electron chi connectivity index (χ0n) is 12.5. The summed E-state index contributed by atoms with van der Waals surface area (Å²) in [6.45, 7) is 1.92. The summed E-state index contributed by atoms with van der Waals surface area (Å²) >= 11 is 0. The number of nitrogens with two attached hydrogens (primary N) is 1. The van der Waals surface area contributed by atoms with Crippen LogP contribution < -0.4 is 15.2 Å². The third kappa shape index (κ3) is 3.52. The molecule has 21 heavy (non-hydrogen) atoms. The lowest BCUT2D eigenvalue weighted by molar-refractivity contribution is 0.354. The monoisotopic (exact) mass is 289 g/mol. The highest BCUT2D eigenvalue weighted by Gasteiger charge is 2.14. The fourth-order valence-electron chi connectivity index (χ4n) is 2.32. The second kappa shape index (κ2) is 6.59. The van der Waals surface area contributed by atoms with Crippen LogP contribution in [0, 0.1) is 12.7 Å². The van der Waals surface area contributed by atoms with Gasteiger partial charge in [-0.15, -0.1) is 0 Å². The Hall–Kier alpha value is -2.07. The molecule has 0 aliphatic heterocycles. The zero-order valence-corrected chi connectivity index (χ0v) is 12.5. The first kappa shape index (κ1) is 15.3. The molecule has 0 saturated carbocycles. The molecule has 0 aliphatic carbocycles. The predicted octanol–water partition coefficient (Wildman–Crippen LogP) is 3.39. The lowest BCUT2D eigenvalue weighted by atomic mass is 9.97. The maximum absolute atomic E-state index is 13.9. The summed E-state index contributed by atoms with van der Waals surface area (Å²) in [5.41, 5.74) is 8.65. The summed E-state index contributed by atoms with van der Waals surface area (Å²) in [7, 11) is 3.17. The van der Waals surface area contributed by atoms with Crippen LogP contribution in [0.15, 0.2) is 36.4 Å². The van der Waals surface area contributed by atoms with E-state index in [1.165, 1.54) is 6.07 Å². The van der Waals surface area contributed by atoms with Crippen molar-refractivity contribution in [2.75, 3.05) is 14.2 Å². The summed E-state index contributed by atoms with van der Waals surface area (Å²) in [5, 5.41) is 0. The molecule has 0 aromatic heterocycles. The number of halogens is 1. The lowest BCUT2D eigenvalue weighted by Crippen LogP contribution is -2.15. The van der Waals surface area contributed by atoms with E-state index in [1.54, 1.807) is 26.4 Å². The van der Waals surface area contributed by atoms with Gasteiger partial charge in [0.2, 0.25) is 0 Å². The van der Waals surface area contributed by atoms with Crippen LogP contribution in [-0.4, -0.2) is 14.2 Å². The molecule has 2 aromatic rings. The van der Waals surface area contributed by atoms with Gasteiger partial charge in [-0.2, -0.15) is 0 Å². The van der Waals surface area contributed by atoms with E-state index in [2.05, 4.69) is 0 Å². The Labute approximate surface area is 124 Å². The van der Waals surface area contributed by atoms with Gasteiger partial charge in [-0.25, -0.2) is 4.39 Å². The third-order valence-electron chi connectivity index (χ3n) is 3.45. The van der Waals surface area contributed by atoms with Gasteiger partial charge in [-0.05, 0) is 37.1 Å². The molecule has 112 valence electrons. The summed E-state index contributed by atoms with van der Waals surface area (Å²) < 4.78 is 24.3. The van der Waals surface area contributed by atoms with Crippen molar-refractivity contribution in [1.82, 2.24) is 0 Å². The molecule has 0 heterocycles. The van der Waals surface area contributed by atoms with Crippen LogP contribution in [0.1, 0.15) is 22.7 Å². The highest BCUT2D eigenvalue weighted by atomic mass is 19.1. The number of rotatable bonds is 5. The van der Waals surface area contributed by atoms with Crippen molar-refractivity contribution in [1.29, 1.82) is 0 Å². The molecular formula is C17H20FNO2. The van der Waals surface area contributed by atoms with Crippen LogP contribution in [0.2, 0.25) is 0 Å². The average Bonchev–Trinajstić information content (AvgIpc) is 2.49. The quantitative estimate of drug-likeness (QED) is 0.917. The van der Waals surface area contributed by atoms with Gasteiger partial charge in [0, 0.05) is 11.6 Å². The van der Waals surface area contributed by atoms with Gasteiger partial charge < -0.3 is 15.2 Å². The van der Waals surface area contributed by atoms with Crippen molar-refractivity contribution in [2.24, 2.45) is 5.73 Å². The van der Waals surface area contributed by atoms with E-state index in [9.17, 15) is 4.39 Å². The molecule has 4 heteroatoms. The molecule has 0 bridgehead atoms. The van der Waals surface area contributed by atoms with Crippen LogP contribution in [0.4, 0.5) is 4.39 Å². The fraction of sp³-hybridized carbons (Fsp3) is 0.294. The smallest absolute Gasteiger partial charge is 0.160 e. The van der Waals surface area contributed by atoms with E-state index in [4.69, 9.17) is 15.2 Å². The van der Waals surface area contributed by atoms with Crippen LogP contribution in [0.25, 0.3) is 0 Å². The minimum absolute atomic E-state index is 0.270. The van der Waals surface area contributed by atoms with E-state index in [0.29, 0.717) is 23.5 Å². The lowest BCUT2D eigenvalue weighted by Gasteiger charge is -2.15. The molecule has 2 aromatic carbocycles. The van der Waals surface area contributed by atoms with E-state index in [-0.39, 0.29) is 5.82 Å². The SMILES string of the molecule is COc1ccc(CC(N)c2cc(C)ccc2F)cc1OC. The van der Waals surface area contributed by atoms with E-state index in [1.807, 2.05) is 25.1 Å². The van der Waals surface area contributed by atoms with Crippen molar-refractivity contribution < 1.29 is 13.9 Å². The first-order valence-electron chi connectivity index (χ1n) is 6.77. The fourth-order valence-corrected chi connectivity index (χ4v) is 2.32. The van der Waals surface area contributed by atoms with Gasteiger partial charge in [0.05, 0.1) is 14.2 Å². The van der Waals surface area contributed by atoms with Crippen LogP contribution in [0.5, 0.6) is 11.5 Å². The standard InChI is InChI=1S/C17H20FNO2/c1-11-4-6-14(18)13(8-11)15(19)9-12-5-7-16(20-2)17(10-12)21-3/h4-8,10,15H,9,19H2,1-3H3. The highest BCUT2D eigenvalue weighted by Crippen LogP contribution is 2.29. The minimum Gasteiger partial charge on any atom is -0.493 e. The molecule has 3 nitrogen and oxygen atoms in total. The molecule has 0 fully saturated rings. The van der Waals surface area contributed by atoms with E-state index < -0.39 is 6.04 Å². The normalized spacial score (nSPS) is 12.0. The van der Waals surface area contributed by atoms with Crippen molar-refractivity contribution in [3.05, 3.63) is 58.9 Å². The number of ether oxygens (including phenoxy) is 2. The van der Waals surface area contributed by atoms with Gasteiger partial charge >= 0.3 is 0 Å². The molecular weight excluding hydrogens is 269 g/mol. The Balaban J connectivity index is 2.23. The second-order valence-corrected chi connectivity index (χ2v) is 5.02. The molecule has 0 radical (unpaired) electrons. The van der Waals surface area contributed by atoms with Gasteiger partial charge in [0.25, 0.3) is 0 Å². The zero-order chi connectivity index (χ0) is 15.4. The largest absolute Gasteiger partial charge is 0.493 e. The molecule has 0 saturated heterocycles. The Bertz CT molecular complexity index is 628. The summed E-state index contributed by atoms with van der Waals surface area (Å²) in [4.78, 5) is 0. The van der Waals surface area contributed by atoms with Gasteiger partial charge in [-0.3, -0.25) is 0 Å². The van der Waals surface area contributed by atoms with E-state index >= 15 is 0 Å². The number of methoxy groups -OCH3 is 2. The van der Waals surface area contributed by atoms with Crippen molar-refractivity contribution in [3.63, 3.8) is 0 Å². The molecule has 1 unspecified atom stereocenters. The topological polar surface area (TPSA) is 44.5 Å². The Morgan fingerprint density at radius 3 is 2.43 bits per heavy atom. The summed E-state index contributed by atoms with van der Waals surface area (Å²) in [5.74, 6) is 1.04. The number of hydrogen-bond donors (Lipinski definition) is 1. The van der Waals surface area contributed by atoms with Crippen LogP contribution in [0.3, 0.4) is 0 Å². The minimum atomic E-state index is -0.400. The Kier molecular flexibility index (Phi) is 4.81. The van der Waals surface area contributed by atoms with Crippen molar-refractivity contribution in [3.8, 4) is 11.5 Å². The summed E-state index contributed by atoms with van der Waals surface area (Å²) in [6.07, 6.45) is 0.528.